The van der Waals surface area contributed by atoms with Crippen LogP contribution in [0.25, 0.3) is 0 Å². The second-order valence-corrected chi connectivity index (χ2v) is 5.06. The summed E-state index contributed by atoms with van der Waals surface area (Å²) in [5.74, 6) is -2.25. The molecule has 2 N–H and O–H groups in total. The van der Waals surface area contributed by atoms with Gasteiger partial charge in [0.2, 0.25) is 0 Å². The van der Waals surface area contributed by atoms with Crippen LogP contribution in [0.15, 0.2) is 6.20 Å². The number of piperidine rings is 1. The van der Waals surface area contributed by atoms with Gasteiger partial charge in [0.15, 0.2) is 0 Å². The van der Waals surface area contributed by atoms with E-state index in [0.717, 1.165) is 5.06 Å². The molecule has 0 bridgehead atoms. The van der Waals surface area contributed by atoms with E-state index < -0.39 is 18.6 Å². The zero-order valence-corrected chi connectivity index (χ0v) is 11.9. The third kappa shape index (κ3) is 4.86. The molecule has 1 aromatic heterocycles. The molecular weight excluding hydrogens is 327 g/mol. The number of hydrogen-bond acceptors (Lipinski definition) is 5. The molecule has 1 aromatic rings. The largest absolute Gasteiger partial charge is 0.492 e. The number of nitrogens with one attached hydrogen (secondary N) is 2. The lowest BCUT2D eigenvalue weighted by atomic mass is 10.1. The Morgan fingerprint density at radius 1 is 1.43 bits per heavy atom. The van der Waals surface area contributed by atoms with Crippen LogP contribution in [-0.2, 0) is 16.2 Å². The molecule has 0 radical (unpaired) electrons. The minimum Gasteiger partial charge on any atom is -0.361 e. The maximum atomic E-state index is 12.6. The van der Waals surface area contributed by atoms with Gasteiger partial charge < -0.3 is 10.2 Å². The fourth-order valence-electron chi connectivity index (χ4n) is 2.23. The van der Waals surface area contributed by atoms with Crippen LogP contribution in [0.4, 0.5) is 22.0 Å². The first-order valence-corrected chi connectivity index (χ1v) is 6.85. The smallest absolute Gasteiger partial charge is 0.361 e. The molecule has 130 valence electrons. The minimum absolute atomic E-state index is 0.0729. The van der Waals surface area contributed by atoms with Gasteiger partial charge in [0.1, 0.15) is 5.69 Å². The molecule has 1 saturated heterocycles. The van der Waals surface area contributed by atoms with Crippen molar-refractivity contribution in [2.75, 3.05) is 13.1 Å². The van der Waals surface area contributed by atoms with Crippen LogP contribution in [-0.4, -0.2) is 46.5 Å². The Kier molecular flexibility index (Phi) is 5.52. The standard InChI is InChI=1S/C12H15F5N4O2/c13-10(14)9-7(6-19-20-9)5-18-8-1-3-21(4-2-8)23-11(22)12(15,16)17/h6,8,10,18H,1-5H2,(H,19,20). The summed E-state index contributed by atoms with van der Waals surface area (Å²) in [7, 11) is 0. The molecule has 0 aromatic carbocycles. The van der Waals surface area contributed by atoms with Gasteiger partial charge >= 0.3 is 12.1 Å². The first kappa shape index (κ1) is 17.6. The third-order valence-corrected chi connectivity index (χ3v) is 3.44. The second-order valence-electron chi connectivity index (χ2n) is 5.06. The summed E-state index contributed by atoms with van der Waals surface area (Å²) in [6.07, 6.45) is -5.49. The summed E-state index contributed by atoms with van der Waals surface area (Å²) < 4.78 is 61.5. The van der Waals surface area contributed by atoms with Crippen molar-refractivity contribution in [2.45, 2.75) is 38.0 Å². The zero-order valence-electron chi connectivity index (χ0n) is 11.9. The second kappa shape index (κ2) is 7.21. The van der Waals surface area contributed by atoms with E-state index in [0.29, 0.717) is 18.4 Å². The lowest BCUT2D eigenvalue weighted by molar-refractivity contribution is -0.241. The number of hydrogen-bond donors (Lipinski definition) is 2. The SMILES string of the molecule is O=C(ON1CCC(NCc2c[nH]nc2C(F)F)CC1)C(F)(F)F. The molecule has 1 aliphatic heterocycles. The van der Waals surface area contributed by atoms with Crippen LogP contribution >= 0.6 is 0 Å². The Labute approximate surface area is 127 Å². The average molecular weight is 342 g/mol. The summed E-state index contributed by atoms with van der Waals surface area (Å²) in [6.45, 7) is 0.433. The van der Waals surface area contributed by atoms with Crippen LogP contribution in [0.3, 0.4) is 0 Å². The molecule has 6 nitrogen and oxygen atoms in total. The van der Waals surface area contributed by atoms with Crippen LogP contribution in [0.2, 0.25) is 0 Å². The summed E-state index contributed by atoms with van der Waals surface area (Å²) in [5.41, 5.74) is 0.0139. The number of halogens is 5. The van der Waals surface area contributed by atoms with Crippen molar-refractivity contribution in [2.24, 2.45) is 0 Å². The van der Waals surface area contributed by atoms with E-state index in [2.05, 4.69) is 20.4 Å². The molecule has 0 aliphatic carbocycles. The molecule has 2 rings (SSSR count). The number of carbonyl (C=O) groups is 1. The maximum Gasteiger partial charge on any atom is 0.492 e. The molecule has 1 fully saturated rings. The Morgan fingerprint density at radius 2 is 2.09 bits per heavy atom. The Hall–Kier alpha value is -1.75. The van der Waals surface area contributed by atoms with E-state index in [1.807, 2.05) is 0 Å². The van der Waals surface area contributed by atoms with E-state index in [1.54, 1.807) is 0 Å². The highest BCUT2D eigenvalue weighted by atomic mass is 19.4. The number of aromatic amines is 1. The predicted molar refractivity (Wildman–Crippen MR) is 67.1 cm³/mol. The highest BCUT2D eigenvalue weighted by Gasteiger charge is 2.42. The maximum absolute atomic E-state index is 12.6. The fraction of sp³-hybridized carbons (Fsp3) is 0.667. The number of alkyl halides is 5. The Bertz CT molecular complexity index is 526. The normalized spacial score (nSPS) is 17.7. The summed E-state index contributed by atoms with van der Waals surface area (Å²) in [5, 5.41) is 9.82. The number of rotatable bonds is 5. The average Bonchev–Trinajstić information content (AvgIpc) is 2.94. The van der Waals surface area contributed by atoms with E-state index in [9.17, 15) is 26.7 Å². The molecule has 2 heterocycles. The summed E-state index contributed by atoms with van der Waals surface area (Å²) >= 11 is 0. The molecular formula is C12H15F5N4O2. The van der Waals surface area contributed by atoms with Crippen LogP contribution < -0.4 is 5.32 Å². The van der Waals surface area contributed by atoms with Crippen molar-refractivity contribution in [3.63, 3.8) is 0 Å². The van der Waals surface area contributed by atoms with Gasteiger partial charge in [-0.05, 0) is 12.8 Å². The lowest BCUT2D eigenvalue weighted by Gasteiger charge is -2.31. The van der Waals surface area contributed by atoms with E-state index in [4.69, 9.17) is 0 Å². The van der Waals surface area contributed by atoms with Gasteiger partial charge in [0.25, 0.3) is 6.43 Å². The zero-order chi connectivity index (χ0) is 17.0. The number of nitrogens with zero attached hydrogens (tertiary/aromatic N) is 2. The van der Waals surface area contributed by atoms with Crippen molar-refractivity contribution in [3.05, 3.63) is 17.5 Å². The quantitative estimate of drug-likeness (QED) is 0.800. The number of aromatic nitrogens is 2. The molecule has 0 unspecified atom stereocenters. The lowest BCUT2D eigenvalue weighted by Crippen LogP contribution is -2.44. The molecule has 23 heavy (non-hydrogen) atoms. The van der Waals surface area contributed by atoms with Gasteiger partial charge in [-0.25, -0.2) is 13.6 Å². The molecule has 0 atom stereocenters. The van der Waals surface area contributed by atoms with Crippen LogP contribution in [0.5, 0.6) is 0 Å². The van der Waals surface area contributed by atoms with Gasteiger partial charge in [-0.1, -0.05) is 0 Å². The van der Waals surface area contributed by atoms with Gasteiger partial charge in [0, 0.05) is 37.4 Å². The van der Waals surface area contributed by atoms with E-state index >= 15 is 0 Å². The topological polar surface area (TPSA) is 70.2 Å². The molecule has 0 amide bonds. The Balaban J connectivity index is 1.75. The number of H-pyrrole nitrogens is 1. The number of hydroxylamine groups is 2. The van der Waals surface area contributed by atoms with Crippen molar-refractivity contribution in [1.82, 2.24) is 20.6 Å². The highest BCUT2D eigenvalue weighted by Crippen LogP contribution is 2.21. The third-order valence-electron chi connectivity index (χ3n) is 3.44. The van der Waals surface area contributed by atoms with Crippen molar-refractivity contribution in [3.8, 4) is 0 Å². The summed E-state index contributed by atoms with van der Waals surface area (Å²) in [4.78, 5) is 14.9. The fourth-order valence-corrected chi connectivity index (χ4v) is 2.23. The minimum atomic E-state index is -5.03. The number of carbonyl (C=O) groups excluding carboxylic acids is 1. The van der Waals surface area contributed by atoms with Gasteiger partial charge in [-0.3, -0.25) is 5.10 Å². The molecule has 0 spiro atoms. The van der Waals surface area contributed by atoms with Crippen molar-refractivity contribution in [1.29, 1.82) is 0 Å². The first-order chi connectivity index (χ1) is 10.8. The van der Waals surface area contributed by atoms with Crippen LogP contribution in [0.1, 0.15) is 30.5 Å². The Morgan fingerprint density at radius 3 is 2.65 bits per heavy atom. The summed E-state index contributed by atoms with van der Waals surface area (Å²) in [6, 6.07) is -0.0729. The van der Waals surface area contributed by atoms with Gasteiger partial charge in [0.05, 0.1) is 0 Å². The van der Waals surface area contributed by atoms with E-state index in [-0.39, 0.29) is 31.4 Å². The highest BCUT2D eigenvalue weighted by molar-refractivity contribution is 5.75. The van der Waals surface area contributed by atoms with Gasteiger partial charge in [-0.2, -0.15) is 18.3 Å². The van der Waals surface area contributed by atoms with Crippen molar-refractivity contribution < 1.29 is 31.6 Å². The predicted octanol–water partition coefficient (Wildman–Crippen LogP) is 1.92. The van der Waals surface area contributed by atoms with Crippen molar-refractivity contribution >= 4 is 5.97 Å². The first-order valence-electron chi connectivity index (χ1n) is 6.85. The van der Waals surface area contributed by atoms with Gasteiger partial charge in [-0.15, -0.1) is 5.06 Å². The monoisotopic (exact) mass is 342 g/mol. The van der Waals surface area contributed by atoms with Crippen LogP contribution in [0, 0.1) is 0 Å². The molecule has 0 saturated carbocycles. The van der Waals surface area contributed by atoms with E-state index in [1.165, 1.54) is 6.20 Å². The molecule has 1 aliphatic rings. The molecule has 11 heteroatoms.